The van der Waals surface area contributed by atoms with Gasteiger partial charge in [-0.1, -0.05) is 48.9 Å². The van der Waals surface area contributed by atoms with Gasteiger partial charge in [0.1, 0.15) is 5.82 Å². The number of nitrogens with zero attached hydrogens (tertiary/aromatic N) is 3. The monoisotopic (exact) mass is 331 g/mol. The molecule has 4 aromatic rings. The highest BCUT2D eigenvalue weighted by Gasteiger charge is 2.17. The van der Waals surface area contributed by atoms with Crippen LogP contribution >= 0.6 is 0 Å². The van der Waals surface area contributed by atoms with E-state index in [1.807, 2.05) is 10.6 Å². The van der Waals surface area contributed by atoms with E-state index in [1.165, 1.54) is 17.7 Å². The minimum absolute atomic E-state index is 0.244. The molecule has 3 nitrogen and oxygen atoms in total. The van der Waals surface area contributed by atoms with Crippen molar-refractivity contribution in [3.63, 3.8) is 0 Å². The van der Waals surface area contributed by atoms with Crippen molar-refractivity contribution in [3.8, 4) is 22.4 Å². The van der Waals surface area contributed by atoms with Gasteiger partial charge in [0, 0.05) is 17.3 Å². The molecule has 0 bridgehead atoms. The van der Waals surface area contributed by atoms with Crippen LogP contribution in [0.15, 0.2) is 60.8 Å². The Morgan fingerprint density at radius 1 is 0.920 bits per heavy atom. The lowest BCUT2D eigenvalue weighted by Gasteiger charge is -2.06. The van der Waals surface area contributed by atoms with E-state index in [-0.39, 0.29) is 5.82 Å². The van der Waals surface area contributed by atoms with Gasteiger partial charge >= 0.3 is 0 Å². The van der Waals surface area contributed by atoms with Crippen LogP contribution in [-0.4, -0.2) is 14.6 Å². The van der Waals surface area contributed by atoms with Gasteiger partial charge in [-0.15, -0.1) is 0 Å². The Balaban J connectivity index is 1.97. The van der Waals surface area contributed by atoms with Crippen molar-refractivity contribution in [2.45, 2.75) is 20.3 Å². The molecule has 0 radical (unpaired) electrons. The zero-order valence-electron chi connectivity index (χ0n) is 14.2. The fourth-order valence-corrected chi connectivity index (χ4v) is 3.09. The first-order chi connectivity index (χ1) is 12.2. The lowest BCUT2D eigenvalue weighted by Crippen LogP contribution is -1.96. The van der Waals surface area contributed by atoms with E-state index in [0.717, 1.165) is 40.1 Å². The smallest absolute Gasteiger partial charge is 0.163 e. The molecule has 25 heavy (non-hydrogen) atoms. The summed E-state index contributed by atoms with van der Waals surface area (Å²) in [5.74, 6) is -0.244. The van der Waals surface area contributed by atoms with Crippen LogP contribution in [0.4, 0.5) is 4.39 Å². The van der Waals surface area contributed by atoms with Crippen molar-refractivity contribution in [1.29, 1.82) is 0 Å². The Kier molecular flexibility index (Phi) is 3.80. The van der Waals surface area contributed by atoms with Crippen molar-refractivity contribution in [2.24, 2.45) is 0 Å². The van der Waals surface area contributed by atoms with Crippen LogP contribution in [0.3, 0.4) is 0 Å². The van der Waals surface area contributed by atoms with Crippen molar-refractivity contribution >= 4 is 5.65 Å². The molecule has 0 aliphatic carbocycles. The molecule has 124 valence electrons. The molecule has 0 amide bonds. The number of aromatic nitrogens is 3. The van der Waals surface area contributed by atoms with Gasteiger partial charge in [0.2, 0.25) is 0 Å². The second-order valence-corrected chi connectivity index (χ2v) is 6.11. The number of hydrogen-bond acceptors (Lipinski definition) is 2. The number of benzene rings is 2. The quantitative estimate of drug-likeness (QED) is 0.524. The molecular weight excluding hydrogens is 313 g/mol. The van der Waals surface area contributed by atoms with Gasteiger partial charge in [0.15, 0.2) is 5.65 Å². The molecule has 0 spiro atoms. The summed E-state index contributed by atoms with van der Waals surface area (Å²) in [5.41, 5.74) is 6.95. The number of fused-ring (bicyclic) bond motifs is 1. The summed E-state index contributed by atoms with van der Waals surface area (Å²) in [4.78, 5) is 4.56. The second-order valence-electron chi connectivity index (χ2n) is 6.11. The molecule has 2 aromatic carbocycles. The molecule has 0 saturated heterocycles. The van der Waals surface area contributed by atoms with Crippen LogP contribution in [0.1, 0.15) is 18.2 Å². The standard InChI is InChI=1S/C21H18FN3/c1-3-18-20(16-8-10-17(22)11-9-16)21-23-13-12-19(25(21)24-18)15-6-4-14(2)5-7-15/h4-13H,3H2,1-2H3. The maximum atomic E-state index is 13.3. The van der Waals surface area contributed by atoms with E-state index in [2.05, 4.69) is 43.1 Å². The van der Waals surface area contributed by atoms with Gasteiger partial charge in [-0.2, -0.15) is 5.10 Å². The van der Waals surface area contributed by atoms with Crippen molar-refractivity contribution in [1.82, 2.24) is 14.6 Å². The van der Waals surface area contributed by atoms with Crippen LogP contribution < -0.4 is 0 Å². The Bertz CT molecular complexity index is 1030. The highest BCUT2D eigenvalue weighted by Crippen LogP contribution is 2.30. The summed E-state index contributed by atoms with van der Waals surface area (Å²) < 4.78 is 15.2. The normalized spacial score (nSPS) is 11.2. The third-order valence-electron chi connectivity index (χ3n) is 4.41. The van der Waals surface area contributed by atoms with Crippen molar-refractivity contribution in [3.05, 3.63) is 77.9 Å². The van der Waals surface area contributed by atoms with E-state index < -0.39 is 0 Å². The molecular formula is C21H18FN3. The molecule has 2 aromatic heterocycles. The summed E-state index contributed by atoms with van der Waals surface area (Å²) in [6.45, 7) is 4.14. The second kappa shape index (κ2) is 6.13. The van der Waals surface area contributed by atoms with Gasteiger partial charge in [-0.05, 0) is 37.1 Å². The summed E-state index contributed by atoms with van der Waals surface area (Å²) >= 11 is 0. The third kappa shape index (κ3) is 2.70. The fraction of sp³-hybridized carbons (Fsp3) is 0.143. The summed E-state index contributed by atoms with van der Waals surface area (Å²) in [6, 6.07) is 16.9. The molecule has 0 N–H and O–H groups in total. The van der Waals surface area contributed by atoms with Gasteiger partial charge < -0.3 is 0 Å². The molecule has 4 rings (SSSR count). The van der Waals surface area contributed by atoms with Gasteiger partial charge in [0.25, 0.3) is 0 Å². The van der Waals surface area contributed by atoms with Gasteiger partial charge in [0.05, 0.1) is 11.4 Å². The summed E-state index contributed by atoms with van der Waals surface area (Å²) in [5, 5.41) is 4.79. The Morgan fingerprint density at radius 3 is 2.28 bits per heavy atom. The minimum atomic E-state index is -0.244. The lowest BCUT2D eigenvalue weighted by molar-refractivity contribution is 0.628. The highest BCUT2D eigenvalue weighted by atomic mass is 19.1. The molecule has 0 atom stereocenters. The predicted octanol–water partition coefficient (Wildman–Crippen LogP) is 5.07. The topological polar surface area (TPSA) is 30.2 Å². The molecule has 0 aliphatic rings. The SMILES string of the molecule is CCc1nn2c(-c3ccc(C)cc3)ccnc2c1-c1ccc(F)cc1. The first-order valence-corrected chi connectivity index (χ1v) is 8.37. The zero-order chi connectivity index (χ0) is 17.4. The van der Waals surface area contributed by atoms with Crippen molar-refractivity contribution in [2.75, 3.05) is 0 Å². The minimum Gasteiger partial charge on any atom is -0.236 e. The molecule has 0 aliphatic heterocycles. The lowest BCUT2D eigenvalue weighted by atomic mass is 10.0. The van der Waals surface area contributed by atoms with E-state index in [9.17, 15) is 4.39 Å². The van der Waals surface area contributed by atoms with Crippen LogP contribution in [0.25, 0.3) is 28.0 Å². The van der Waals surface area contributed by atoms with Crippen molar-refractivity contribution < 1.29 is 4.39 Å². The Labute approximate surface area is 145 Å². The maximum Gasteiger partial charge on any atom is 0.163 e. The number of aryl methyl sites for hydroxylation is 2. The molecule has 4 heteroatoms. The largest absolute Gasteiger partial charge is 0.236 e. The Hall–Kier alpha value is -3.01. The molecule has 2 heterocycles. The first-order valence-electron chi connectivity index (χ1n) is 8.37. The fourth-order valence-electron chi connectivity index (χ4n) is 3.09. The molecule has 0 saturated carbocycles. The Morgan fingerprint density at radius 2 is 1.60 bits per heavy atom. The van der Waals surface area contributed by atoms with Crippen LogP contribution in [-0.2, 0) is 6.42 Å². The van der Waals surface area contributed by atoms with E-state index in [4.69, 9.17) is 5.10 Å². The molecule has 0 unspecified atom stereocenters. The number of rotatable bonds is 3. The van der Waals surface area contributed by atoms with Gasteiger partial charge in [-0.3, -0.25) is 0 Å². The van der Waals surface area contributed by atoms with E-state index >= 15 is 0 Å². The average Bonchev–Trinajstić information content (AvgIpc) is 3.02. The maximum absolute atomic E-state index is 13.3. The van der Waals surface area contributed by atoms with E-state index in [0.29, 0.717) is 0 Å². The average molecular weight is 331 g/mol. The van der Waals surface area contributed by atoms with Crippen LogP contribution in [0.2, 0.25) is 0 Å². The predicted molar refractivity (Wildman–Crippen MR) is 97.9 cm³/mol. The van der Waals surface area contributed by atoms with Gasteiger partial charge in [-0.25, -0.2) is 13.9 Å². The number of hydrogen-bond donors (Lipinski definition) is 0. The summed E-state index contributed by atoms with van der Waals surface area (Å²) in [7, 11) is 0. The molecule has 0 fully saturated rings. The van der Waals surface area contributed by atoms with Crippen LogP contribution in [0.5, 0.6) is 0 Å². The summed E-state index contributed by atoms with van der Waals surface area (Å²) in [6.07, 6.45) is 2.59. The number of halogens is 1. The van der Waals surface area contributed by atoms with Crippen LogP contribution in [0, 0.1) is 12.7 Å². The zero-order valence-corrected chi connectivity index (χ0v) is 14.2. The highest BCUT2D eigenvalue weighted by molar-refractivity contribution is 5.81. The van der Waals surface area contributed by atoms with E-state index in [1.54, 1.807) is 18.3 Å². The third-order valence-corrected chi connectivity index (χ3v) is 4.41. The first kappa shape index (κ1) is 15.5.